The normalized spacial score (nSPS) is 15.9. The molecule has 1 amide bonds. The van der Waals surface area contributed by atoms with E-state index in [1.54, 1.807) is 18.2 Å². The maximum atomic E-state index is 12.2. The van der Waals surface area contributed by atoms with Crippen molar-refractivity contribution in [2.45, 2.75) is 32.7 Å². The van der Waals surface area contributed by atoms with Crippen LogP contribution in [0, 0.1) is 5.92 Å². The van der Waals surface area contributed by atoms with E-state index >= 15 is 0 Å². The zero-order chi connectivity index (χ0) is 14.7. The van der Waals surface area contributed by atoms with Crippen LogP contribution in [0.2, 0.25) is 0 Å². The van der Waals surface area contributed by atoms with Gasteiger partial charge in [0.15, 0.2) is 0 Å². The molecule has 2 rings (SSSR count). The molecule has 0 fully saturated rings. The lowest BCUT2D eigenvalue weighted by Crippen LogP contribution is -2.45. The Labute approximate surface area is 117 Å². The molecular weight excluding hydrogens is 258 g/mol. The molecule has 1 aromatic rings. The number of benzene rings is 1. The molecule has 0 saturated heterocycles. The zero-order valence-electron chi connectivity index (χ0n) is 11.7. The summed E-state index contributed by atoms with van der Waals surface area (Å²) in [7, 11) is 0. The van der Waals surface area contributed by atoms with Crippen molar-refractivity contribution in [2.24, 2.45) is 5.92 Å². The average Bonchev–Trinajstić information content (AvgIpc) is 2.90. The van der Waals surface area contributed by atoms with Gasteiger partial charge in [0.1, 0.15) is 11.8 Å². The van der Waals surface area contributed by atoms with Crippen LogP contribution in [0.1, 0.15) is 36.2 Å². The summed E-state index contributed by atoms with van der Waals surface area (Å²) in [5.41, 5.74) is 1.47. The van der Waals surface area contributed by atoms with E-state index in [1.807, 2.05) is 13.8 Å². The van der Waals surface area contributed by atoms with Gasteiger partial charge in [-0.05, 0) is 29.7 Å². The second-order valence-corrected chi connectivity index (χ2v) is 5.10. The smallest absolute Gasteiger partial charge is 0.326 e. The first-order valence-electron chi connectivity index (χ1n) is 6.82. The third-order valence-corrected chi connectivity index (χ3v) is 3.72. The Kier molecular flexibility index (Phi) is 4.27. The van der Waals surface area contributed by atoms with E-state index in [0.717, 1.165) is 17.7 Å². The van der Waals surface area contributed by atoms with Crippen molar-refractivity contribution in [1.82, 2.24) is 5.32 Å². The maximum Gasteiger partial charge on any atom is 0.326 e. The Balaban J connectivity index is 2.12. The molecule has 0 saturated carbocycles. The highest BCUT2D eigenvalue weighted by Gasteiger charge is 2.26. The molecule has 0 bridgehead atoms. The van der Waals surface area contributed by atoms with Gasteiger partial charge in [-0.1, -0.05) is 20.3 Å². The fourth-order valence-corrected chi connectivity index (χ4v) is 2.24. The minimum atomic E-state index is -1.00. The Hall–Kier alpha value is -2.04. The minimum Gasteiger partial charge on any atom is -0.493 e. The maximum absolute atomic E-state index is 12.2. The van der Waals surface area contributed by atoms with Crippen LogP contribution in [-0.2, 0) is 11.2 Å². The first-order chi connectivity index (χ1) is 9.52. The van der Waals surface area contributed by atoms with Crippen LogP contribution in [0.15, 0.2) is 18.2 Å². The topological polar surface area (TPSA) is 75.6 Å². The molecule has 20 heavy (non-hydrogen) atoms. The molecule has 0 aromatic heterocycles. The number of aliphatic carboxylic acids is 1. The van der Waals surface area contributed by atoms with Crippen molar-refractivity contribution < 1.29 is 19.4 Å². The van der Waals surface area contributed by atoms with Crippen LogP contribution >= 0.6 is 0 Å². The standard InChI is InChI=1S/C15H19NO4/c1-3-9(2)13(15(18)19)16-14(17)11-4-5-12-10(8-11)6-7-20-12/h4-5,8-9,13H,3,6-7H2,1-2H3,(H,16,17)(H,18,19)/t9-,13-/m0/s1. The fraction of sp³-hybridized carbons (Fsp3) is 0.467. The van der Waals surface area contributed by atoms with Crippen molar-refractivity contribution in [3.63, 3.8) is 0 Å². The first kappa shape index (κ1) is 14.4. The molecule has 0 radical (unpaired) electrons. The summed E-state index contributed by atoms with van der Waals surface area (Å²) in [6.07, 6.45) is 1.47. The number of ether oxygens (including phenoxy) is 1. The SMILES string of the molecule is CC[C@H](C)[C@H](NC(=O)c1ccc2c(c1)CCO2)C(=O)O. The Morgan fingerprint density at radius 2 is 2.20 bits per heavy atom. The number of carboxylic acids is 1. The fourth-order valence-electron chi connectivity index (χ4n) is 2.24. The number of hydrogen-bond acceptors (Lipinski definition) is 3. The Bertz CT molecular complexity index is 527. The number of amides is 1. The third-order valence-electron chi connectivity index (χ3n) is 3.72. The van der Waals surface area contributed by atoms with Crippen LogP contribution in [-0.4, -0.2) is 29.6 Å². The number of carbonyl (C=O) groups excluding carboxylic acids is 1. The molecule has 0 unspecified atom stereocenters. The van der Waals surface area contributed by atoms with Gasteiger partial charge in [-0.2, -0.15) is 0 Å². The largest absolute Gasteiger partial charge is 0.493 e. The van der Waals surface area contributed by atoms with Gasteiger partial charge in [-0.3, -0.25) is 4.79 Å². The van der Waals surface area contributed by atoms with E-state index in [4.69, 9.17) is 4.74 Å². The van der Waals surface area contributed by atoms with Crippen LogP contribution in [0.25, 0.3) is 0 Å². The van der Waals surface area contributed by atoms with Gasteiger partial charge >= 0.3 is 5.97 Å². The van der Waals surface area contributed by atoms with Crippen molar-refractivity contribution in [3.8, 4) is 5.75 Å². The Morgan fingerprint density at radius 1 is 1.45 bits per heavy atom. The first-order valence-corrected chi connectivity index (χ1v) is 6.82. The highest BCUT2D eigenvalue weighted by atomic mass is 16.5. The average molecular weight is 277 g/mol. The van der Waals surface area contributed by atoms with E-state index in [9.17, 15) is 14.7 Å². The molecule has 0 aliphatic carbocycles. The highest BCUT2D eigenvalue weighted by Crippen LogP contribution is 2.25. The molecule has 108 valence electrons. The summed E-state index contributed by atoms with van der Waals surface area (Å²) in [5, 5.41) is 11.8. The van der Waals surface area contributed by atoms with Gasteiger partial charge in [0.25, 0.3) is 5.91 Å². The molecule has 0 spiro atoms. The lowest BCUT2D eigenvalue weighted by molar-refractivity contribution is -0.140. The Morgan fingerprint density at radius 3 is 2.85 bits per heavy atom. The van der Waals surface area contributed by atoms with E-state index in [0.29, 0.717) is 18.6 Å². The molecular formula is C15H19NO4. The molecule has 2 atom stereocenters. The molecule has 1 aliphatic rings. The van der Waals surface area contributed by atoms with Crippen LogP contribution in [0.5, 0.6) is 5.75 Å². The van der Waals surface area contributed by atoms with E-state index < -0.39 is 12.0 Å². The summed E-state index contributed by atoms with van der Waals surface area (Å²) >= 11 is 0. The molecule has 1 aromatic carbocycles. The monoisotopic (exact) mass is 277 g/mol. The van der Waals surface area contributed by atoms with Crippen LogP contribution in [0.4, 0.5) is 0 Å². The number of carbonyl (C=O) groups is 2. The van der Waals surface area contributed by atoms with Crippen molar-refractivity contribution in [2.75, 3.05) is 6.61 Å². The summed E-state index contributed by atoms with van der Waals surface area (Å²) < 4.78 is 5.38. The van der Waals surface area contributed by atoms with Crippen molar-refractivity contribution >= 4 is 11.9 Å². The summed E-state index contributed by atoms with van der Waals surface area (Å²) in [6, 6.07) is 4.33. The number of fused-ring (bicyclic) bond motifs is 1. The summed E-state index contributed by atoms with van der Waals surface area (Å²) in [5.74, 6) is -0.669. The van der Waals surface area contributed by atoms with Gasteiger partial charge in [0.2, 0.25) is 0 Å². The van der Waals surface area contributed by atoms with Gasteiger partial charge in [0, 0.05) is 12.0 Å². The lowest BCUT2D eigenvalue weighted by Gasteiger charge is -2.20. The predicted octanol–water partition coefficient (Wildman–Crippen LogP) is 1.85. The van der Waals surface area contributed by atoms with Gasteiger partial charge in [-0.25, -0.2) is 4.79 Å². The van der Waals surface area contributed by atoms with Crippen LogP contribution in [0.3, 0.4) is 0 Å². The number of nitrogens with one attached hydrogen (secondary N) is 1. The highest BCUT2D eigenvalue weighted by molar-refractivity contribution is 5.97. The van der Waals surface area contributed by atoms with E-state index in [2.05, 4.69) is 5.32 Å². The molecule has 5 heteroatoms. The molecule has 5 nitrogen and oxygen atoms in total. The summed E-state index contributed by atoms with van der Waals surface area (Å²) in [6.45, 7) is 4.35. The number of hydrogen-bond donors (Lipinski definition) is 2. The lowest BCUT2D eigenvalue weighted by atomic mass is 9.98. The zero-order valence-corrected chi connectivity index (χ0v) is 11.7. The van der Waals surface area contributed by atoms with Crippen LogP contribution < -0.4 is 10.1 Å². The predicted molar refractivity (Wildman–Crippen MR) is 74.0 cm³/mol. The quantitative estimate of drug-likeness (QED) is 0.861. The van der Waals surface area contributed by atoms with Gasteiger partial charge < -0.3 is 15.2 Å². The number of carboxylic acid groups (broad SMARTS) is 1. The van der Waals surface area contributed by atoms with Crippen molar-refractivity contribution in [1.29, 1.82) is 0 Å². The molecule has 1 heterocycles. The minimum absolute atomic E-state index is 0.116. The van der Waals surface area contributed by atoms with Gasteiger partial charge in [-0.15, -0.1) is 0 Å². The van der Waals surface area contributed by atoms with Gasteiger partial charge in [0.05, 0.1) is 6.61 Å². The second kappa shape index (κ2) is 5.94. The second-order valence-electron chi connectivity index (χ2n) is 5.10. The van der Waals surface area contributed by atoms with E-state index in [-0.39, 0.29) is 11.8 Å². The number of rotatable bonds is 5. The summed E-state index contributed by atoms with van der Waals surface area (Å²) in [4.78, 5) is 23.4. The third kappa shape index (κ3) is 2.92. The molecule has 2 N–H and O–H groups in total. The molecule has 1 aliphatic heterocycles. The van der Waals surface area contributed by atoms with E-state index in [1.165, 1.54) is 0 Å². The van der Waals surface area contributed by atoms with Crippen molar-refractivity contribution in [3.05, 3.63) is 29.3 Å².